The fourth-order valence-electron chi connectivity index (χ4n) is 0.675. The number of hydrogen-bond donors (Lipinski definition) is 1. The minimum atomic E-state index is -0.688. The van der Waals surface area contributed by atoms with E-state index >= 15 is 0 Å². The van der Waals surface area contributed by atoms with Crippen molar-refractivity contribution < 1.29 is 19.1 Å². The molecule has 0 atom stereocenters. The molecule has 5 heteroatoms. The highest BCUT2D eigenvalue weighted by Crippen LogP contribution is 1.95. The van der Waals surface area contributed by atoms with Crippen LogP contribution in [0.4, 0.5) is 4.79 Å². The van der Waals surface area contributed by atoms with Gasteiger partial charge in [0.15, 0.2) is 0 Å². The molecular formula is C9H15NO4. The number of carbonyl (C=O) groups excluding carboxylic acids is 2. The van der Waals surface area contributed by atoms with Crippen LogP contribution in [0.2, 0.25) is 0 Å². The van der Waals surface area contributed by atoms with E-state index in [-0.39, 0.29) is 5.70 Å². The summed E-state index contributed by atoms with van der Waals surface area (Å²) in [5.74, 6) is -0.556. The lowest BCUT2D eigenvalue weighted by Crippen LogP contribution is -2.28. The van der Waals surface area contributed by atoms with Crippen LogP contribution < -0.4 is 5.32 Å². The molecule has 0 saturated heterocycles. The monoisotopic (exact) mass is 201 g/mol. The van der Waals surface area contributed by atoms with Crippen LogP contribution in [0, 0.1) is 0 Å². The summed E-state index contributed by atoms with van der Waals surface area (Å²) in [5.41, 5.74) is 0.0882. The van der Waals surface area contributed by atoms with Crippen molar-refractivity contribution in [1.82, 2.24) is 5.32 Å². The maximum atomic E-state index is 11.2. The maximum absolute atomic E-state index is 11.2. The fourth-order valence-corrected chi connectivity index (χ4v) is 0.675. The molecule has 0 fully saturated rings. The van der Waals surface area contributed by atoms with Gasteiger partial charge in [0.2, 0.25) is 0 Å². The number of nitrogens with one attached hydrogen (secondary N) is 1. The lowest BCUT2D eigenvalue weighted by atomic mass is 10.4. The lowest BCUT2D eigenvalue weighted by molar-refractivity contribution is -0.139. The highest BCUT2D eigenvalue weighted by atomic mass is 16.5. The van der Waals surface area contributed by atoms with Crippen LogP contribution in [0.5, 0.6) is 0 Å². The Morgan fingerprint density at radius 1 is 1.43 bits per heavy atom. The Morgan fingerprint density at radius 3 is 2.50 bits per heavy atom. The molecule has 80 valence electrons. The molecule has 1 N–H and O–H groups in total. The summed E-state index contributed by atoms with van der Waals surface area (Å²) in [4.78, 5) is 22.0. The van der Waals surface area contributed by atoms with Gasteiger partial charge in [0, 0.05) is 0 Å². The van der Waals surface area contributed by atoms with Crippen LogP contribution in [0.3, 0.4) is 0 Å². The van der Waals surface area contributed by atoms with Gasteiger partial charge in [0.1, 0.15) is 5.70 Å². The molecule has 0 bridgehead atoms. The van der Waals surface area contributed by atoms with Crippen molar-refractivity contribution in [2.75, 3.05) is 13.7 Å². The SMILES string of the molecule is C/C=C(\NC(=O)OC)C(=O)OCCC. The van der Waals surface area contributed by atoms with Gasteiger partial charge in [-0.1, -0.05) is 13.0 Å². The topological polar surface area (TPSA) is 64.6 Å². The number of ether oxygens (including phenoxy) is 2. The highest BCUT2D eigenvalue weighted by molar-refractivity contribution is 5.92. The van der Waals surface area contributed by atoms with E-state index in [1.807, 2.05) is 6.92 Å². The molecule has 0 rings (SSSR count). The second kappa shape index (κ2) is 6.94. The molecule has 0 spiro atoms. The Bertz CT molecular complexity index is 235. The second-order valence-electron chi connectivity index (χ2n) is 2.45. The van der Waals surface area contributed by atoms with Gasteiger partial charge in [-0.2, -0.15) is 0 Å². The second-order valence-corrected chi connectivity index (χ2v) is 2.45. The van der Waals surface area contributed by atoms with Crippen molar-refractivity contribution in [3.05, 3.63) is 11.8 Å². The van der Waals surface area contributed by atoms with Crippen LogP contribution in [-0.2, 0) is 14.3 Å². The summed E-state index contributed by atoms with van der Waals surface area (Å²) in [6, 6.07) is 0. The third-order valence-corrected chi connectivity index (χ3v) is 1.37. The summed E-state index contributed by atoms with van der Waals surface area (Å²) in [5, 5.41) is 2.25. The summed E-state index contributed by atoms with van der Waals surface area (Å²) >= 11 is 0. The average molecular weight is 201 g/mol. The van der Waals surface area contributed by atoms with Gasteiger partial charge in [-0.05, 0) is 13.3 Å². The number of amides is 1. The standard InChI is InChI=1S/C9H15NO4/c1-4-6-14-8(11)7(5-2)10-9(12)13-3/h5H,4,6H2,1-3H3,(H,10,12)/b7-5-. The molecule has 0 radical (unpaired) electrons. The van der Waals surface area contributed by atoms with Crippen LogP contribution in [-0.4, -0.2) is 25.8 Å². The van der Waals surface area contributed by atoms with Crippen LogP contribution in [0.1, 0.15) is 20.3 Å². The zero-order chi connectivity index (χ0) is 11.0. The normalized spacial score (nSPS) is 10.6. The van der Waals surface area contributed by atoms with E-state index in [0.717, 1.165) is 6.42 Å². The zero-order valence-corrected chi connectivity index (χ0v) is 8.62. The molecule has 0 aromatic carbocycles. The molecule has 0 aliphatic carbocycles. The Kier molecular flexibility index (Phi) is 6.19. The number of allylic oxidation sites excluding steroid dienone is 1. The zero-order valence-electron chi connectivity index (χ0n) is 8.62. The van der Waals surface area contributed by atoms with E-state index in [0.29, 0.717) is 6.61 Å². The van der Waals surface area contributed by atoms with Gasteiger partial charge < -0.3 is 9.47 Å². The van der Waals surface area contributed by atoms with Crippen molar-refractivity contribution >= 4 is 12.1 Å². The van der Waals surface area contributed by atoms with E-state index in [1.165, 1.54) is 13.2 Å². The molecule has 0 saturated carbocycles. The molecule has 0 aromatic rings. The molecule has 0 aliphatic rings. The minimum absolute atomic E-state index is 0.0882. The third-order valence-electron chi connectivity index (χ3n) is 1.37. The van der Waals surface area contributed by atoms with E-state index < -0.39 is 12.1 Å². The first kappa shape index (κ1) is 12.5. The number of hydrogen-bond acceptors (Lipinski definition) is 4. The fraction of sp³-hybridized carbons (Fsp3) is 0.556. The maximum Gasteiger partial charge on any atom is 0.411 e. The number of esters is 1. The molecule has 5 nitrogen and oxygen atoms in total. The van der Waals surface area contributed by atoms with Crippen molar-refractivity contribution in [2.45, 2.75) is 20.3 Å². The highest BCUT2D eigenvalue weighted by Gasteiger charge is 2.12. The van der Waals surface area contributed by atoms with Gasteiger partial charge in [-0.25, -0.2) is 9.59 Å². The minimum Gasteiger partial charge on any atom is -0.461 e. The molecule has 0 heterocycles. The first-order valence-electron chi connectivity index (χ1n) is 4.34. The van der Waals surface area contributed by atoms with E-state index in [9.17, 15) is 9.59 Å². The molecule has 0 aliphatic heterocycles. The predicted octanol–water partition coefficient (Wildman–Crippen LogP) is 1.20. The van der Waals surface area contributed by atoms with Gasteiger partial charge >= 0.3 is 12.1 Å². The summed E-state index contributed by atoms with van der Waals surface area (Å²) < 4.78 is 9.15. The van der Waals surface area contributed by atoms with Crippen molar-refractivity contribution in [3.63, 3.8) is 0 Å². The Balaban J connectivity index is 4.14. The van der Waals surface area contributed by atoms with E-state index in [2.05, 4.69) is 10.1 Å². The summed E-state index contributed by atoms with van der Waals surface area (Å²) in [7, 11) is 1.22. The third kappa shape index (κ3) is 4.49. The average Bonchev–Trinajstić information content (AvgIpc) is 2.21. The van der Waals surface area contributed by atoms with Crippen molar-refractivity contribution in [1.29, 1.82) is 0 Å². The van der Waals surface area contributed by atoms with E-state index in [1.54, 1.807) is 6.92 Å². The lowest BCUT2D eigenvalue weighted by Gasteiger charge is -2.07. The largest absolute Gasteiger partial charge is 0.461 e. The van der Waals surface area contributed by atoms with Crippen LogP contribution >= 0.6 is 0 Å². The molecule has 1 amide bonds. The Hall–Kier alpha value is -1.52. The number of methoxy groups -OCH3 is 1. The number of alkyl carbamates (subject to hydrolysis) is 1. The first-order chi connectivity index (χ1) is 6.65. The molecule has 0 unspecified atom stereocenters. The summed E-state index contributed by atoms with van der Waals surface area (Å²) in [6.45, 7) is 3.84. The number of rotatable bonds is 4. The summed E-state index contributed by atoms with van der Waals surface area (Å²) in [6.07, 6.45) is 1.50. The molecule has 0 aromatic heterocycles. The van der Waals surface area contributed by atoms with Gasteiger partial charge in [0.25, 0.3) is 0 Å². The number of carbonyl (C=O) groups is 2. The van der Waals surface area contributed by atoms with Gasteiger partial charge in [-0.15, -0.1) is 0 Å². The Labute approximate surface area is 83.1 Å². The predicted molar refractivity (Wildman–Crippen MR) is 50.5 cm³/mol. The quantitative estimate of drug-likeness (QED) is 0.548. The van der Waals surface area contributed by atoms with Crippen molar-refractivity contribution in [2.24, 2.45) is 0 Å². The van der Waals surface area contributed by atoms with Crippen molar-refractivity contribution in [3.8, 4) is 0 Å². The molecular weight excluding hydrogens is 186 g/mol. The van der Waals surface area contributed by atoms with Gasteiger partial charge in [-0.3, -0.25) is 5.32 Å². The smallest absolute Gasteiger partial charge is 0.411 e. The Morgan fingerprint density at radius 2 is 2.07 bits per heavy atom. The molecule has 14 heavy (non-hydrogen) atoms. The van der Waals surface area contributed by atoms with E-state index in [4.69, 9.17) is 4.74 Å². The first-order valence-corrected chi connectivity index (χ1v) is 4.34. The van der Waals surface area contributed by atoms with Crippen LogP contribution in [0.25, 0.3) is 0 Å². The van der Waals surface area contributed by atoms with Gasteiger partial charge in [0.05, 0.1) is 13.7 Å². The van der Waals surface area contributed by atoms with Crippen LogP contribution in [0.15, 0.2) is 11.8 Å².